The third-order valence-electron chi connectivity index (χ3n) is 5.97. The molecule has 2 N–H and O–H groups in total. The zero-order chi connectivity index (χ0) is 21.3. The number of carboxylic acids is 1. The smallest absolute Gasteiger partial charge is 0.414 e. The first kappa shape index (κ1) is 20.2. The lowest BCUT2D eigenvalue weighted by Crippen LogP contribution is -2.53. The fraction of sp³-hybridized carbons (Fsp3) is 0.391. The van der Waals surface area contributed by atoms with Crippen LogP contribution in [0.1, 0.15) is 34.3 Å². The number of rotatable bonds is 5. The van der Waals surface area contributed by atoms with Crippen LogP contribution in [0.25, 0.3) is 0 Å². The zero-order valence-electron chi connectivity index (χ0n) is 17.0. The van der Waals surface area contributed by atoms with Crippen molar-refractivity contribution >= 4 is 17.7 Å². The number of hydrogen-bond acceptors (Lipinski definition) is 5. The van der Waals surface area contributed by atoms with Crippen LogP contribution in [0, 0.1) is 12.8 Å². The molecule has 3 aliphatic rings. The molecule has 158 valence electrons. The van der Waals surface area contributed by atoms with Crippen LogP contribution < -0.4 is 4.90 Å². The minimum atomic E-state index is -0.997. The maximum atomic E-state index is 13.2. The summed E-state index contributed by atoms with van der Waals surface area (Å²) in [6, 6.07) is 11.4. The molecule has 3 aliphatic heterocycles. The molecule has 1 amide bonds. The molecule has 1 atom stereocenters. The molecule has 0 saturated carbocycles. The van der Waals surface area contributed by atoms with Crippen LogP contribution in [0.4, 0.5) is 10.5 Å². The van der Waals surface area contributed by atoms with Gasteiger partial charge in [-0.05, 0) is 74.2 Å². The molecule has 0 unspecified atom stereocenters. The van der Waals surface area contributed by atoms with Crippen LogP contribution in [0.3, 0.4) is 0 Å². The summed E-state index contributed by atoms with van der Waals surface area (Å²) in [4.78, 5) is 28.1. The summed E-state index contributed by atoms with van der Waals surface area (Å²) in [5, 5.41) is 19.1. The number of aromatic carboxylic acids is 1. The number of aryl methyl sites for hydroxylation is 1. The Morgan fingerprint density at radius 2 is 1.83 bits per heavy atom. The van der Waals surface area contributed by atoms with E-state index in [1.54, 1.807) is 18.2 Å². The number of fused-ring (bicyclic) bond motifs is 3. The topological polar surface area (TPSA) is 90.3 Å². The van der Waals surface area contributed by atoms with Gasteiger partial charge in [0.2, 0.25) is 0 Å². The molecule has 30 heavy (non-hydrogen) atoms. The largest absolute Gasteiger partial charge is 0.508 e. The summed E-state index contributed by atoms with van der Waals surface area (Å²) in [5.41, 5.74) is 2.33. The Kier molecular flexibility index (Phi) is 5.63. The number of aromatic hydroxyl groups is 1. The van der Waals surface area contributed by atoms with Gasteiger partial charge < -0.3 is 14.9 Å². The first-order chi connectivity index (χ1) is 14.4. The Morgan fingerprint density at radius 1 is 1.13 bits per heavy atom. The summed E-state index contributed by atoms with van der Waals surface area (Å²) in [5.74, 6) is -0.530. The molecule has 3 fully saturated rings. The third kappa shape index (κ3) is 4.41. The standard InChI is InChI=1S/C23H26N2O5/c1-15-10-19(12-20(26)11-15)25(13-16-2-4-18(5-3-16)22(27)28)23(29)30-21-14-24-8-6-17(21)7-9-24/h2-5,10-12,17,21,26H,6-9,13-14H2,1H3,(H,27,28)/t21-/m0/s1. The molecular weight excluding hydrogens is 384 g/mol. The van der Waals surface area contributed by atoms with Gasteiger partial charge in [0, 0.05) is 12.6 Å². The van der Waals surface area contributed by atoms with Crippen LogP contribution in [0.15, 0.2) is 42.5 Å². The van der Waals surface area contributed by atoms with Gasteiger partial charge in [0.1, 0.15) is 11.9 Å². The number of phenols is 1. The quantitative estimate of drug-likeness (QED) is 0.782. The summed E-state index contributed by atoms with van der Waals surface area (Å²) in [6.45, 7) is 4.94. The zero-order valence-corrected chi connectivity index (χ0v) is 17.0. The Labute approximate surface area is 175 Å². The first-order valence-electron chi connectivity index (χ1n) is 10.2. The molecule has 3 heterocycles. The molecule has 7 heteroatoms. The summed E-state index contributed by atoms with van der Waals surface area (Å²) >= 11 is 0. The van der Waals surface area contributed by atoms with Gasteiger partial charge in [-0.1, -0.05) is 12.1 Å². The van der Waals surface area contributed by atoms with E-state index < -0.39 is 12.1 Å². The molecule has 5 rings (SSSR count). The molecule has 0 aliphatic carbocycles. The maximum Gasteiger partial charge on any atom is 0.414 e. The monoisotopic (exact) mass is 410 g/mol. The molecule has 3 saturated heterocycles. The number of anilines is 1. The van der Waals surface area contributed by atoms with Gasteiger partial charge in [0.05, 0.1) is 17.8 Å². The van der Waals surface area contributed by atoms with E-state index in [1.165, 1.54) is 23.1 Å². The van der Waals surface area contributed by atoms with E-state index in [1.807, 2.05) is 13.0 Å². The maximum absolute atomic E-state index is 13.2. The number of carbonyl (C=O) groups is 2. The van der Waals surface area contributed by atoms with Crippen molar-refractivity contribution in [2.75, 3.05) is 24.5 Å². The van der Waals surface area contributed by atoms with Crippen molar-refractivity contribution < 1.29 is 24.5 Å². The number of piperidine rings is 3. The van der Waals surface area contributed by atoms with E-state index in [9.17, 15) is 14.7 Å². The third-order valence-corrected chi connectivity index (χ3v) is 5.97. The number of nitrogens with zero attached hydrogens (tertiary/aromatic N) is 2. The Balaban J connectivity index is 1.57. The Bertz CT molecular complexity index is 915. The fourth-order valence-corrected chi connectivity index (χ4v) is 4.33. The molecule has 0 aromatic heterocycles. The van der Waals surface area contributed by atoms with Gasteiger partial charge in [0.25, 0.3) is 0 Å². The second kappa shape index (κ2) is 8.36. The van der Waals surface area contributed by atoms with Gasteiger partial charge in [0.15, 0.2) is 0 Å². The van der Waals surface area contributed by atoms with Crippen LogP contribution in [-0.4, -0.2) is 52.9 Å². The van der Waals surface area contributed by atoms with Crippen LogP contribution in [-0.2, 0) is 11.3 Å². The van der Waals surface area contributed by atoms with E-state index >= 15 is 0 Å². The van der Waals surface area contributed by atoms with E-state index in [0.717, 1.165) is 43.6 Å². The number of amides is 1. The lowest BCUT2D eigenvalue weighted by atomic mass is 9.86. The minimum absolute atomic E-state index is 0.0758. The normalized spacial score (nSPS) is 22.5. The Hall–Kier alpha value is -3.06. The van der Waals surface area contributed by atoms with Gasteiger partial charge >= 0.3 is 12.1 Å². The average molecular weight is 410 g/mol. The van der Waals surface area contributed by atoms with Crippen molar-refractivity contribution in [1.82, 2.24) is 4.90 Å². The van der Waals surface area contributed by atoms with Crippen molar-refractivity contribution in [2.45, 2.75) is 32.4 Å². The highest BCUT2D eigenvalue weighted by atomic mass is 16.6. The van der Waals surface area contributed by atoms with Crippen LogP contribution in [0.2, 0.25) is 0 Å². The van der Waals surface area contributed by atoms with E-state index in [4.69, 9.17) is 9.84 Å². The number of ether oxygens (including phenoxy) is 1. The van der Waals surface area contributed by atoms with Gasteiger partial charge in [-0.2, -0.15) is 0 Å². The highest BCUT2D eigenvalue weighted by molar-refractivity contribution is 5.89. The average Bonchev–Trinajstić information content (AvgIpc) is 2.72. The molecule has 0 spiro atoms. The van der Waals surface area contributed by atoms with Gasteiger partial charge in [-0.3, -0.25) is 9.80 Å². The lowest BCUT2D eigenvalue weighted by molar-refractivity contribution is -0.0311. The molecular formula is C23H26N2O5. The van der Waals surface area contributed by atoms with Crippen LogP contribution >= 0.6 is 0 Å². The summed E-state index contributed by atoms with van der Waals surface area (Å²) in [7, 11) is 0. The number of carboxylic acid groups (broad SMARTS) is 1. The second-order valence-corrected chi connectivity index (χ2v) is 8.18. The summed E-state index contributed by atoms with van der Waals surface area (Å²) < 4.78 is 5.93. The molecule has 2 bridgehead atoms. The summed E-state index contributed by atoms with van der Waals surface area (Å²) in [6.07, 6.45) is 1.50. The first-order valence-corrected chi connectivity index (χ1v) is 10.2. The van der Waals surface area contributed by atoms with Crippen molar-refractivity contribution in [1.29, 1.82) is 0 Å². The number of hydrogen-bond donors (Lipinski definition) is 2. The van der Waals surface area contributed by atoms with Crippen molar-refractivity contribution in [3.05, 3.63) is 59.2 Å². The number of phenolic OH excluding ortho intramolecular Hbond substituents is 1. The second-order valence-electron chi connectivity index (χ2n) is 8.18. The van der Waals surface area contributed by atoms with Crippen molar-refractivity contribution in [3.8, 4) is 5.75 Å². The van der Waals surface area contributed by atoms with E-state index in [2.05, 4.69) is 4.90 Å². The fourth-order valence-electron chi connectivity index (χ4n) is 4.33. The predicted molar refractivity (Wildman–Crippen MR) is 112 cm³/mol. The van der Waals surface area contributed by atoms with Crippen molar-refractivity contribution in [3.63, 3.8) is 0 Å². The lowest BCUT2D eigenvalue weighted by Gasteiger charge is -2.44. The highest BCUT2D eigenvalue weighted by Gasteiger charge is 2.37. The van der Waals surface area contributed by atoms with Gasteiger partial charge in [-0.15, -0.1) is 0 Å². The molecule has 0 radical (unpaired) electrons. The minimum Gasteiger partial charge on any atom is -0.508 e. The predicted octanol–water partition coefficient (Wildman–Crippen LogP) is 3.64. The Morgan fingerprint density at radius 3 is 2.40 bits per heavy atom. The van der Waals surface area contributed by atoms with Crippen molar-refractivity contribution in [2.24, 2.45) is 5.92 Å². The molecule has 2 aromatic rings. The van der Waals surface area contributed by atoms with E-state index in [0.29, 0.717) is 11.6 Å². The number of carbonyl (C=O) groups excluding carboxylic acids is 1. The van der Waals surface area contributed by atoms with Gasteiger partial charge in [-0.25, -0.2) is 9.59 Å². The van der Waals surface area contributed by atoms with Crippen LogP contribution in [0.5, 0.6) is 5.75 Å². The van der Waals surface area contributed by atoms with E-state index in [-0.39, 0.29) is 24.0 Å². The highest BCUT2D eigenvalue weighted by Crippen LogP contribution is 2.31. The number of benzene rings is 2. The SMILES string of the molecule is Cc1cc(O)cc(N(Cc2ccc(C(=O)O)cc2)C(=O)O[C@H]2CN3CCC2CC3)c1. The molecule has 2 aromatic carbocycles. The molecule has 7 nitrogen and oxygen atoms in total.